The van der Waals surface area contributed by atoms with Gasteiger partial charge in [0, 0.05) is 12.1 Å². The van der Waals surface area contributed by atoms with Gasteiger partial charge in [0.15, 0.2) is 8.38 Å². The topological polar surface area (TPSA) is 18.5 Å². The minimum absolute atomic E-state index is 0.453. The first kappa shape index (κ1) is 7.02. The van der Waals surface area contributed by atoms with Crippen molar-refractivity contribution < 1.29 is 9.05 Å². The molecular weight excluding hydrogens is 147 g/mol. The average molecular weight is 160 g/mol. The van der Waals surface area contributed by atoms with Crippen LogP contribution in [0.4, 0.5) is 0 Å². The number of rotatable bonds is 0. The molecule has 0 unspecified atom stereocenters. The van der Waals surface area contributed by atoms with Crippen molar-refractivity contribution in [1.29, 1.82) is 0 Å². The van der Waals surface area contributed by atoms with Gasteiger partial charge in [0.2, 0.25) is 0 Å². The number of hydrogen-bond donors (Lipinski definition) is 0. The predicted molar refractivity (Wildman–Crippen MR) is 41.0 cm³/mol. The molecule has 0 aromatic heterocycles. The van der Waals surface area contributed by atoms with E-state index in [4.69, 9.17) is 9.05 Å². The van der Waals surface area contributed by atoms with E-state index in [1.807, 2.05) is 6.66 Å². The molecule has 0 radical (unpaired) electrons. The van der Waals surface area contributed by atoms with Gasteiger partial charge in [0.05, 0.1) is 13.2 Å². The van der Waals surface area contributed by atoms with Crippen molar-refractivity contribution in [3.63, 3.8) is 0 Å². The van der Waals surface area contributed by atoms with Gasteiger partial charge in [0.1, 0.15) is 0 Å². The van der Waals surface area contributed by atoms with Crippen LogP contribution in [0.15, 0.2) is 0 Å². The van der Waals surface area contributed by atoms with E-state index in [0.29, 0.717) is 5.41 Å². The molecule has 2 aliphatic rings. The summed E-state index contributed by atoms with van der Waals surface area (Å²) in [6, 6.07) is 0. The summed E-state index contributed by atoms with van der Waals surface area (Å²) in [7, 11) is -0.522. The highest BCUT2D eigenvalue weighted by molar-refractivity contribution is 7.46. The average Bonchev–Trinajstić information content (AvgIpc) is 1.86. The normalized spacial score (nSPS) is 32.1. The molecule has 0 amide bonds. The van der Waals surface area contributed by atoms with Crippen molar-refractivity contribution in [3.05, 3.63) is 0 Å². The lowest BCUT2D eigenvalue weighted by Gasteiger charge is -2.45. The molecule has 1 saturated heterocycles. The molecule has 1 aliphatic carbocycles. The zero-order chi connectivity index (χ0) is 7.03. The third-order valence-corrected chi connectivity index (χ3v) is 3.50. The third kappa shape index (κ3) is 1.09. The van der Waals surface area contributed by atoms with Crippen molar-refractivity contribution in [3.8, 4) is 0 Å². The van der Waals surface area contributed by atoms with E-state index < -0.39 is 8.38 Å². The van der Waals surface area contributed by atoms with Crippen LogP contribution in [0.1, 0.15) is 19.3 Å². The second kappa shape index (κ2) is 2.44. The van der Waals surface area contributed by atoms with E-state index in [9.17, 15) is 0 Å². The zero-order valence-electron chi connectivity index (χ0n) is 6.30. The molecule has 58 valence electrons. The molecule has 0 bridgehead atoms. The maximum atomic E-state index is 5.48. The molecule has 2 fully saturated rings. The van der Waals surface area contributed by atoms with Gasteiger partial charge in [-0.25, -0.2) is 0 Å². The lowest BCUT2D eigenvalue weighted by atomic mass is 9.70. The van der Waals surface area contributed by atoms with Crippen molar-refractivity contribution in [2.45, 2.75) is 19.3 Å². The van der Waals surface area contributed by atoms with E-state index in [1.54, 1.807) is 0 Å². The molecule has 2 nitrogen and oxygen atoms in total. The van der Waals surface area contributed by atoms with Crippen LogP contribution in [0.3, 0.4) is 0 Å². The Kier molecular flexibility index (Phi) is 1.71. The zero-order valence-corrected chi connectivity index (χ0v) is 7.19. The SMILES string of the molecule is CP1OCC2(CCC2)CO1. The quantitative estimate of drug-likeness (QED) is 0.505. The minimum atomic E-state index is -0.522. The van der Waals surface area contributed by atoms with Crippen LogP contribution in [0.5, 0.6) is 0 Å². The smallest absolute Gasteiger partial charge is 0.167 e. The molecule has 1 aliphatic heterocycles. The van der Waals surface area contributed by atoms with E-state index in [0.717, 1.165) is 13.2 Å². The van der Waals surface area contributed by atoms with Gasteiger partial charge >= 0.3 is 0 Å². The Morgan fingerprint density at radius 1 is 1.20 bits per heavy atom. The first-order valence-corrected chi connectivity index (χ1v) is 5.43. The molecular formula is C7H13O2P. The first-order valence-electron chi connectivity index (χ1n) is 3.80. The van der Waals surface area contributed by atoms with E-state index >= 15 is 0 Å². The molecule has 10 heavy (non-hydrogen) atoms. The van der Waals surface area contributed by atoms with Crippen LogP contribution < -0.4 is 0 Å². The van der Waals surface area contributed by atoms with E-state index in [1.165, 1.54) is 19.3 Å². The van der Waals surface area contributed by atoms with Crippen molar-refractivity contribution in [2.75, 3.05) is 19.9 Å². The molecule has 1 heterocycles. The van der Waals surface area contributed by atoms with Gasteiger partial charge in [-0.1, -0.05) is 6.42 Å². The summed E-state index contributed by atoms with van der Waals surface area (Å²) in [5, 5.41) is 0. The highest BCUT2D eigenvalue weighted by Gasteiger charge is 2.41. The summed E-state index contributed by atoms with van der Waals surface area (Å²) >= 11 is 0. The van der Waals surface area contributed by atoms with Gasteiger partial charge in [-0.2, -0.15) is 0 Å². The summed E-state index contributed by atoms with van der Waals surface area (Å²) in [5.41, 5.74) is 0.453. The fourth-order valence-corrected chi connectivity index (χ4v) is 2.49. The summed E-state index contributed by atoms with van der Waals surface area (Å²) in [6.45, 7) is 3.94. The summed E-state index contributed by atoms with van der Waals surface area (Å²) < 4.78 is 11.0. The number of hydrogen-bond acceptors (Lipinski definition) is 2. The van der Waals surface area contributed by atoms with Gasteiger partial charge in [-0.05, 0) is 12.8 Å². The largest absolute Gasteiger partial charge is 0.334 e. The monoisotopic (exact) mass is 160 g/mol. The van der Waals surface area contributed by atoms with Gasteiger partial charge < -0.3 is 9.05 Å². The minimum Gasteiger partial charge on any atom is -0.334 e. The van der Waals surface area contributed by atoms with Gasteiger partial charge in [0.25, 0.3) is 0 Å². The van der Waals surface area contributed by atoms with Crippen LogP contribution in [0.2, 0.25) is 0 Å². The maximum Gasteiger partial charge on any atom is 0.167 e. The second-order valence-corrected chi connectivity index (χ2v) is 4.74. The second-order valence-electron chi connectivity index (χ2n) is 3.34. The van der Waals surface area contributed by atoms with Crippen LogP contribution in [-0.4, -0.2) is 19.9 Å². The molecule has 1 spiro atoms. The lowest BCUT2D eigenvalue weighted by molar-refractivity contribution is -0.0223. The Bertz CT molecular complexity index is 124. The first-order chi connectivity index (χ1) is 4.81. The van der Waals surface area contributed by atoms with E-state index in [2.05, 4.69) is 0 Å². The standard InChI is InChI=1S/C7H13O2P/c1-10-8-5-7(6-9-10)3-2-4-7/h2-6H2,1H3. The van der Waals surface area contributed by atoms with Crippen LogP contribution in [0.25, 0.3) is 0 Å². The molecule has 3 heteroatoms. The summed E-state index contributed by atoms with van der Waals surface area (Å²) in [5.74, 6) is 0. The van der Waals surface area contributed by atoms with Crippen LogP contribution in [0, 0.1) is 5.41 Å². The van der Waals surface area contributed by atoms with Crippen LogP contribution in [-0.2, 0) is 9.05 Å². The van der Waals surface area contributed by atoms with Crippen molar-refractivity contribution >= 4 is 8.38 Å². The molecule has 0 N–H and O–H groups in total. The predicted octanol–water partition coefficient (Wildman–Crippen LogP) is 2.15. The third-order valence-electron chi connectivity index (χ3n) is 2.52. The molecule has 2 rings (SSSR count). The van der Waals surface area contributed by atoms with Crippen LogP contribution >= 0.6 is 8.38 Å². The molecule has 1 saturated carbocycles. The molecule has 0 aromatic carbocycles. The summed E-state index contributed by atoms with van der Waals surface area (Å²) in [4.78, 5) is 0. The Balaban J connectivity index is 1.90. The Hall–Kier alpha value is 0.350. The highest BCUT2D eigenvalue weighted by atomic mass is 31.2. The molecule has 0 aromatic rings. The fraction of sp³-hybridized carbons (Fsp3) is 1.00. The van der Waals surface area contributed by atoms with Crippen molar-refractivity contribution in [2.24, 2.45) is 5.41 Å². The molecule has 0 atom stereocenters. The lowest BCUT2D eigenvalue weighted by Crippen LogP contribution is -2.40. The van der Waals surface area contributed by atoms with Crippen molar-refractivity contribution in [1.82, 2.24) is 0 Å². The van der Waals surface area contributed by atoms with Gasteiger partial charge in [-0.15, -0.1) is 0 Å². The summed E-state index contributed by atoms with van der Waals surface area (Å²) in [6.07, 6.45) is 4.00. The Morgan fingerprint density at radius 2 is 1.80 bits per heavy atom. The Labute approximate surface area is 62.8 Å². The highest BCUT2D eigenvalue weighted by Crippen LogP contribution is 2.51. The Morgan fingerprint density at radius 3 is 2.20 bits per heavy atom. The van der Waals surface area contributed by atoms with E-state index in [-0.39, 0.29) is 0 Å². The fourth-order valence-electron chi connectivity index (χ4n) is 1.50. The maximum absolute atomic E-state index is 5.48. The van der Waals surface area contributed by atoms with Gasteiger partial charge in [-0.3, -0.25) is 0 Å².